The quantitative estimate of drug-likeness (QED) is 0.830. The predicted molar refractivity (Wildman–Crippen MR) is 103 cm³/mol. The summed E-state index contributed by atoms with van der Waals surface area (Å²) in [7, 11) is 4.12. The van der Waals surface area contributed by atoms with E-state index < -0.39 is 5.54 Å². The molecule has 136 valence electrons. The first-order chi connectivity index (χ1) is 12.6. The van der Waals surface area contributed by atoms with Gasteiger partial charge in [0.15, 0.2) is 0 Å². The topological polar surface area (TPSA) is 36.0 Å². The second kappa shape index (κ2) is 6.65. The number of para-hydroxylation sites is 2. The van der Waals surface area contributed by atoms with Crippen LogP contribution in [0.15, 0.2) is 54.6 Å². The van der Waals surface area contributed by atoms with E-state index in [-0.39, 0.29) is 6.03 Å². The van der Waals surface area contributed by atoms with Gasteiger partial charge in [0.05, 0.1) is 12.2 Å². The zero-order chi connectivity index (χ0) is 18.1. The van der Waals surface area contributed by atoms with Gasteiger partial charge in [-0.05, 0) is 44.8 Å². The lowest BCUT2D eigenvalue weighted by Crippen LogP contribution is -2.51. The molecule has 0 bridgehead atoms. The van der Waals surface area contributed by atoms with E-state index in [1.807, 2.05) is 52.3 Å². The average molecular weight is 351 g/mol. The SMILES string of the molecule is CN(C)CCCN1CC2(c3ccccc3)COc3ccccc3N2C1=O. The molecule has 2 aromatic rings. The molecule has 2 heterocycles. The number of hydrogen-bond acceptors (Lipinski definition) is 3. The third-order valence-corrected chi connectivity index (χ3v) is 5.26. The largest absolute Gasteiger partial charge is 0.488 e. The first-order valence-corrected chi connectivity index (χ1v) is 9.13. The molecule has 5 nitrogen and oxygen atoms in total. The van der Waals surface area contributed by atoms with Crippen molar-refractivity contribution in [1.29, 1.82) is 0 Å². The van der Waals surface area contributed by atoms with Gasteiger partial charge in [0, 0.05) is 6.54 Å². The number of carbonyl (C=O) groups is 1. The van der Waals surface area contributed by atoms with Gasteiger partial charge in [-0.2, -0.15) is 0 Å². The van der Waals surface area contributed by atoms with Gasteiger partial charge in [0.2, 0.25) is 0 Å². The van der Waals surface area contributed by atoms with Crippen LogP contribution >= 0.6 is 0 Å². The summed E-state index contributed by atoms with van der Waals surface area (Å²) in [5.41, 5.74) is 1.52. The number of urea groups is 1. The van der Waals surface area contributed by atoms with Crippen LogP contribution in [0.3, 0.4) is 0 Å². The van der Waals surface area contributed by atoms with Crippen molar-refractivity contribution in [3.63, 3.8) is 0 Å². The second-order valence-electron chi connectivity index (χ2n) is 7.35. The first-order valence-electron chi connectivity index (χ1n) is 9.13. The maximum Gasteiger partial charge on any atom is 0.325 e. The van der Waals surface area contributed by atoms with Gasteiger partial charge in [0.25, 0.3) is 0 Å². The van der Waals surface area contributed by atoms with Crippen molar-refractivity contribution in [2.75, 3.05) is 45.2 Å². The summed E-state index contributed by atoms with van der Waals surface area (Å²) in [4.78, 5) is 19.4. The van der Waals surface area contributed by atoms with Crippen molar-refractivity contribution in [3.8, 4) is 5.75 Å². The van der Waals surface area contributed by atoms with E-state index >= 15 is 0 Å². The Morgan fingerprint density at radius 1 is 1.08 bits per heavy atom. The molecule has 2 aromatic carbocycles. The number of ether oxygens (including phenoxy) is 1. The third-order valence-electron chi connectivity index (χ3n) is 5.26. The molecule has 1 unspecified atom stereocenters. The fraction of sp³-hybridized carbons (Fsp3) is 0.381. The van der Waals surface area contributed by atoms with Gasteiger partial charge in [-0.1, -0.05) is 42.5 Å². The van der Waals surface area contributed by atoms with Crippen LogP contribution < -0.4 is 9.64 Å². The molecule has 1 atom stereocenters. The molecule has 5 heteroatoms. The molecule has 0 aromatic heterocycles. The number of amides is 2. The molecule has 0 aliphatic carbocycles. The summed E-state index contributed by atoms with van der Waals surface area (Å²) in [6, 6.07) is 18.2. The molecule has 2 aliphatic heterocycles. The highest BCUT2D eigenvalue weighted by molar-refractivity contribution is 5.98. The average Bonchev–Trinajstić information content (AvgIpc) is 2.96. The highest BCUT2D eigenvalue weighted by Crippen LogP contribution is 2.47. The summed E-state index contributed by atoms with van der Waals surface area (Å²) in [5.74, 6) is 0.780. The smallest absolute Gasteiger partial charge is 0.325 e. The van der Waals surface area contributed by atoms with E-state index in [9.17, 15) is 4.79 Å². The van der Waals surface area contributed by atoms with Gasteiger partial charge < -0.3 is 14.5 Å². The van der Waals surface area contributed by atoms with Crippen molar-refractivity contribution in [1.82, 2.24) is 9.80 Å². The van der Waals surface area contributed by atoms with Gasteiger partial charge in [-0.25, -0.2) is 4.79 Å². The zero-order valence-corrected chi connectivity index (χ0v) is 15.4. The van der Waals surface area contributed by atoms with E-state index in [0.717, 1.165) is 36.5 Å². The van der Waals surface area contributed by atoms with E-state index in [2.05, 4.69) is 31.1 Å². The van der Waals surface area contributed by atoms with Crippen LogP contribution in [0.4, 0.5) is 10.5 Å². The predicted octanol–water partition coefficient (Wildman–Crippen LogP) is 3.17. The lowest BCUT2D eigenvalue weighted by atomic mass is 9.88. The van der Waals surface area contributed by atoms with Crippen LogP contribution in [0.2, 0.25) is 0 Å². The highest BCUT2D eigenvalue weighted by atomic mass is 16.5. The van der Waals surface area contributed by atoms with Gasteiger partial charge >= 0.3 is 6.03 Å². The molecule has 0 spiro atoms. The molecule has 0 radical (unpaired) electrons. The van der Waals surface area contributed by atoms with Crippen molar-refractivity contribution >= 4 is 11.7 Å². The Labute approximate surface area is 154 Å². The molecule has 2 aliphatic rings. The number of fused-ring (bicyclic) bond motifs is 3. The zero-order valence-electron chi connectivity index (χ0n) is 15.4. The first kappa shape index (κ1) is 16.9. The molecule has 1 saturated heterocycles. The summed E-state index contributed by atoms with van der Waals surface area (Å²) in [6.07, 6.45) is 0.958. The monoisotopic (exact) mass is 351 g/mol. The molecule has 0 N–H and O–H groups in total. The van der Waals surface area contributed by atoms with E-state index in [0.29, 0.717) is 13.2 Å². The fourth-order valence-corrected chi connectivity index (χ4v) is 3.99. The van der Waals surface area contributed by atoms with Crippen LogP contribution in [0, 0.1) is 0 Å². The normalized spacial score (nSPS) is 21.6. The van der Waals surface area contributed by atoms with E-state index in [4.69, 9.17) is 4.74 Å². The number of hydrogen-bond donors (Lipinski definition) is 0. The van der Waals surface area contributed by atoms with Gasteiger partial charge in [0.1, 0.15) is 17.9 Å². The maximum absolute atomic E-state index is 13.3. The minimum atomic E-state index is -0.467. The summed E-state index contributed by atoms with van der Waals surface area (Å²) in [5, 5.41) is 0. The highest BCUT2D eigenvalue weighted by Gasteiger charge is 2.54. The Hall–Kier alpha value is -2.53. The molecule has 0 saturated carbocycles. The van der Waals surface area contributed by atoms with Crippen LogP contribution in [0.1, 0.15) is 12.0 Å². The van der Waals surface area contributed by atoms with Gasteiger partial charge in [-0.3, -0.25) is 4.90 Å². The molecule has 4 rings (SSSR count). The number of nitrogens with zero attached hydrogens (tertiary/aromatic N) is 3. The van der Waals surface area contributed by atoms with Crippen LogP contribution in [-0.4, -0.2) is 56.2 Å². The lowest BCUT2D eigenvalue weighted by molar-refractivity contribution is 0.194. The molecule has 1 fully saturated rings. The van der Waals surface area contributed by atoms with Crippen molar-refractivity contribution in [3.05, 3.63) is 60.2 Å². The summed E-state index contributed by atoms with van der Waals surface area (Å²) in [6.45, 7) is 2.85. The number of carbonyl (C=O) groups excluding carboxylic acids is 1. The Morgan fingerprint density at radius 3 is 2.58 bits per heavy atom. The second-order valence-corrected chi connectivity index (χ2v) is 7.35. The minimum Gasteiger partial charge on any atom is -0.488 e. The fourth-order valence-electron chi connectivity index (χ4n) is 3.99. The minimum absolute atomic E-state index is 0.0726. The lowest BCUT2D eigenvalue weighted by Gasteiger charge is -2.41. The molecule has 2 amide bonds. The number of anilines is 1. The Bertz CT molecular complexity index is 793. The van der Waals surface area contributed by atoms with Crippen LogP contribution in [0.25, 0.3) is 0 Å². The Kier molecular flexibility index (Phi) is 4.32. The van der Waals surface area contributed by atoms with Crippen LogP contribution in [-0.2, 0) is 5.54 Å². The van der Waals surface area contributed by atoms with Gasteiger partial charge in [-0.15, -0.1) is 0 Å². The van der Waals surface area contributed by atoms with Crippen LogP contribution in [0.5, 0.6) is 5.75 Å². The number of rotatable bonds is 5. The Morgan fingerprint density at radius 2 is 1.81 bits per heavy atom. The van der Waals surface area contributed by atoms with Crippen molar-refractivity contribution in [2.45, 2.75) is 12.0 Å². The third kappa shape index (κ3) is 2.72. The van der Waals surface area contributed by atoms with E-state index in [1.165, 1.54) is 0 Å². The maximum atomic E-state index is 13.3. The summed E-state index contributed by atoms with van der Waals surface area (Å²) >= 11 is 0. The van der Waals surface area contributed by atoms with Crippen molar-refractivity contribution < 1.29 is 9.53 Å². The standard InChI is InChI=1S/C21H25N3O2/c1-22(2)13-8-14-23-15-21(17-9-4-3-5-10-17)16-26-19-12-7-6-11-18(19)24(21)20(23)25/h3-7,9-12H,8,13-16H2,1-2H3. The van der Waals surface area contributed by atoms with E-state index in [1.54, 1.807) is 0 Å². The molecular formula is C21H25N3O2. The van der Waals surface area contributed by atoms with Crippen molar-refractivity contribution in [2.24, 2.45) is 0 Å². The molecular weight excluding hydrogens is 326 g/mol. The molecule has 26 heavy (non-hydrogen) atoms. The summed E-state index contributed by atoms with van der Waals surface area (Å²) < 4.78 is 6.11. The Balaban J connectivity index is 1.72. The number of benzene rings is 2.